The van der Waals surface area contributed by atoms with Crippen molar-refractivity contribution in [2.75, 3.05) is 13.1 Å². The van der Waals surface area contributed by atoms with Crippen molar-refractivity contribution in [2.45, 2.75) is 25.7 Å². The van der Waals surface area contributed by atoms with E-state index in [-0.39, 0.29) is 24.8 Å². The molecule has 2 rings (SSSR count). The Morgan fingerprint density at radius 1 is 1.38 bits per heavy atom. The molecule has 1 unspecified atom stereocenters. The first-order valence-corrected chi connectivity index (χ1v) is 5.35. The van der Waals surface area contributed by atoms with Crippen LogP contribution in [0.3, 0.4) is 0 Å². The summed E-state index contributed by atoms with van der Waals surface area (Å²) in [5, 5.41) is 3.92. The number of rotatable bonds is 1. The van der Waals surface area contributed by atoms with Gasteiger partial charge in [0.25, 0.3) is 0 Å². The van der Waals surface area contributed by atoms with Crippen molar-refractivity contribution in [3.63, 3.8) is 0 Å². The fraction of sp³-hybridized carbons (Fsp3) is 0.600. The quantitative estimate of drug-likeness (QED) is 0.806. The lowest BCUT2D eigenvalue weighted by Gasteiger charge is -2.22. The van der Waals surface area contributed by atoms with Crippen LogP contribution in [-0.2, 0) is 0 Å². The van der Waals surface area contributed by atoms with Crippen molar-refractivity contribution >= 4 is 36.4 Å². The van der Waals surface area contributed by atoms with Gasteiger partial charge in [-0.1, -0.05) is 11.6 Å². The average Bonchev–Trinajstić information content (AvgIpc) is 2.18. The van der Waals surface area contributed by atoms with Gasteiger partial charge in [-0.25, -0.2) is 9.97 Å². The van der Waals surface area contributed by atoms with Gasteiger partial charge in [0.1, 0.15) is 11.0 Å². The van der Waals surface area contributed by atoms with Gasteiger partial charge in [-0.05, 0) is 32.4 Å². The van der Waals surface area contributed by atoms with E-state index in [4.69, 9.17) is 11.6 Å². The predicted molar refractivity (Wildman–Crippen MR) is 71.1 cm³/mol. The standard InChI is InChI=1S/C10H14ClN3.2ClH/c1-7-13-9(5-10(11)14-7)8-3-2-4-12-6-8;;/h5,8,12H,2-4,6H2,1H3;2*1H. The van der Waals surface area contributed by atoms with Crippen LogP contribution in [0.4, 0.5) is 0 Å². The lowest BCUT2D eigenvalue weighted by atomic mass is 9.96. The van der Waals surface area contributed by atoms with Crippen LogP contribution in [-0.4, -0.2) is 23.1 Å². The minimum atomic E-state index is 0. The van der Waals surface area contributed by atoms with Gasteiger partial charge in [-0.2, -0.15) is 0 Å². The normalized spacial score (nSPS) is 19.5. The summed E-state index contributed by atoms with van der Waals surface area (Å²) in [5.74, 6) is 1.26. The fourth-order valence-corrected chi connectivity index (χ4v) is 2.10. The molecule has 0 aliphatic carbocycles. The molecule has 2 heterocycles. The number of nitrogens with zero attached hydrogens (tertiary/aromatic N) is 2. The number of hydrogen-bond acceptors (Lipinski definition) is 3. The lowest BCUT2D eigenvalue weighted by Crippen LogP contribution is -2.29. The van der Waals surface area contributed by atoms with E-state index in [0.717, 1.165) is 24.6 Å². The van der Waals surface area contributed by atoms with Crippen LogP contribution in [0.15, 0.2) is 6.07 Å². The summed E-state index contributed by atoms with van der Waals surface area (Å²) in [7, 11) is 0. The van der Waals surface area contributed by atoms with E-state index >= 15 is 0 Å². The second-order valence-electron chi connectivity index (χ2n) is 3.71. The maximum Gasteiger partial charge on any atom is 0.133 e. The zero-order valence-corrected chi connectivity index (χ0v) is 11.5. The molecule has 1 saturated heterocycles. The third-order valence-electron chi connectivity index (χ3n) is 2.54. The Morgan fingerprint density at radius 3 is 2.69 bits per heavy atom. The molecule has 0 aromatic carbocycles. The maximum absolute atomic E-state index is 5.90. The molecule has 0 amide bonds. The fourth-order valence-electron chi connectivity index (χ4n) is 1.87. The SMILES string of the molecule is Cc1nc(Cl)cc(C2CCCNC2)n1.Cl.Cl. The van der Waals surface area contributed by atoms with Crippen LogP contribution in [0.5, 0.6) is 0 Å². The molecule has 1 fully saturated rings. The molecule has 16 heavy (non-hydrogen) atoms. The Labute approximate surface area is 113 Å². The highest BCUT2D eigenvalue weighted by Crippen LogP contribution is 2.22. The molecular weight excluding hydrogens is 268 g/mol. The second-order valence-corrected chi connectivity index (χ2v) is 4.09. The highest BCUT2D eigenvalue weighted by atomic mass is 35.5. The van der Waals surface area contributed by atoms with Crippen molar-refractivity contribution in [1.29, 1.82) is 0 Å². The van der Waals surface area contributed by atoms with Crippen molar-refractivity contribution in [1.82, 2.24) is 15.3 Å². The summed E-state index contributed by atoms with van der Waals surface area (Å²) >= 11 is 5.90. The maximum atomic E-state index is 5.90. The first-order valence-electron chi connectivity index (χ1n) is 4.97. The van der Waals surface area contributed by atoms with E-state index in [1.807, 2.05) is 13.0 Å². The van der Waals surface area contributed by atoms with Gasteiger partial charge in [0.2, 0.25) is 0 Å². The van der Waals surface area contributed by atoms with Gasteiger partial charge in [0.05, 0.1) is 0 Å². The largest absolute Gasteiger partial charge is 0.316 e. The molecule has 1 atom stereocenters. The van der Waals surface area contributed by atoms with Crippen LogP contribution >= 0.6 is 36.4 Å². The molecule has 0 saturated carbocycles. The Balaban J connectivity index is 0.00000112. The number of nitrogens with one attached hydrogen (secondary N) is 1. The Bertz CT molecular complexity index is 307. The smallest absolute Gasteiger partial charge is 0.133 e. The average molecular weight is 285 g/mol. The number of piperidine rings is 1. The molecule has 1 aromatic heterocycles. The van der Waals surface area contributed by atoms with Crippen LogP contribution in [0.1, 0.15) is 30.3 Å². The van der Waals surface area contributed by atoms with E-state index in [2.05, 4.69) is 15.3 Å². The summed E-state index contributed by atoms with van der Waals surface area (Å²) in [6.45, 7) is 4.01. The van der Waals surface area contributed by atoms with Crippen molar-refractivity contribution < 1.29 is 0 Å². The van der Waals surface area contributed by atoms with Gasteiger partial charge >= 0.3 is 0 Å². The molecule has 0 radical (unpaired) electrons. The van der Waals surface area contributed by atoms with Gasteiger partial charge in [-0.15, -0.1) is 24.8 Å². The molecule has 0 spiro atoms. The Hall–Kier alpha value is -0.0900. The molecule has 6 heteroatoms. The number of halogens is 3. The van der Waals surface area contributed by atoms with Crippen molar-refractivity contribution in [3.8, 4) is 0 Å². The van der Waals surface area contributed by atoms with Gasteiger partial charge in [-0.3, -0.25) is 0 Å². The molecule has 3 nitrogen and oxygen atoms in total. The van der Waals surface area contributed by atoms with Crippen molar-refractivity contribution in [2.24, 2.45) is 0 Å². The molecule has 1 aliphatic rings. The first-order chi connectivity index (χ1) is 6.75. The summed E-state index contributed by atoms with van der Waals surface area (Å²) in [5.41, 5.74) is 1.08. The molecule has 1 N–H and O–H groups in total. The third kappa shape index (κ3) is 4.06. The van der Waals surface area contributed by atoms with E-state index < -0.39 is 0 Å². The van der Waals surface area contributed by atoms with Crippen LogP contribution < -0.4 is 5.32 Å². The Morgan fingerprint density at radius 2 is 2.12 bits per heavy atom. The first kappa shape index (κ1) is 15.9. The summed E-state index contributed by atoms with van der Waals surface area (Å²) in [6, 6.07) is 1.88. The molecule has 0 bridgehead atoms. The van der Waals surface area contributed by atoms with Gasteiger partial charge in [0, 0.05) is 18.2 Å². The van der Waals surface area contributed by atoms with E-state index in [9.17, 15) is 0 Å². The Kier molecular flexibility index (Phi) is 7.24. The number of aromatic nitrogens is 2. The highest BCUT2D eigenvalue weighted by Gasteiger charge is 2.17. The lowest BCUT2D eigenvalue weighted by molar-refractivity contribution is 0.453. The predicted octanol–water partition coefficient (Wildman–Crippen LogP) is 2.75. The van der Waals surface area contributed by atoms with E-state index in [0.29, 0.717) is 11.1 Å². The highest BCUT2D eigenvalue weighted by molar-refractivity contribution is 6.29. The van der Waals surface area contributed by atoms with Crippen molar-refractivity contribution in [3.05, 3.63) is 22.7 Å². The van der Waals surface area contributed by atoms with Gasteiger partial charge in [0.15, 0.2) is 0 Å². The topological polar surface area (TPSA) is 37.8 Å². The van der Waals surface area contributed by atoms with Crippen LogP contribution in [0.2, 0.25) is 5.15 Å². The summed E-state index contributed by atoms with van der Waals surface area (Å²) < 4.78 is 0. The number of hydrogen-bond donors (Lipinski definition) is 1. The molecular formula is C10H16Cl3N3. The minimum absolute atomic E-state index is 0. The molecule has 92 valence electrons. The van der Waals surface area contributed by atoms with Gasteiger partial charge < -0.3 is 5.32 Å². The minimum Gasteiger partial charge on any atom is -0.316 e. The second kappa shape index (κ2) is 7.28. The van der Waals surface area contributed by atoms with E-state index in [1.54, 1.807) is 0 Å². The number of aryl methyl sites for hydroxylation is 1. The monoisotopic (exact) mass is 283 g/mol. The summed E-state index contributed by atoms with van der Waals surface area (Å²) in [6.07, 6.45) is 2.41. The molecule has 1 aromatic rings. The molecule has 1 aliphatic heterocycles. The van der Waals surface area contributed by atoms with E-state index in [1.165, 1.54) is 12.8 Å². The summed E-state index contributed by atoms with van der Waals surface area (Å²) in [4.78, 5) is 8.49. The zero-order valence-electron chi connectivity index (χ0n) is 9.07. The third-order valence-corrected chi connectivity index (χ3v) is 2.74. The zero-order chi connectivity index (χ0) is 9.97. The van der Waals surface area contributed by atoms with Crippen LogP contribution in [0, 0.1) is 6.92 Å². The van der Waals surface area contributed by atoms with Crippen LogP contribution in [0.25, 0.3) is 0 Å².